The molecule has 10 heteroatoms. The van der Waals surface area contributed by atoms with E-state index in [-0.39, 0.29) is 0 Å². The second-order valence-electron chi connectivity index (χ2n) is 7.68. The summed E-state index contributed by atoms with van der Waals surface area (Å²) in [5, 5.41) is 6.81. The monoisotopic (exact) mass is 438 g/mol. The van der Waals surface area contributed by atoms with Crippen LogP contribution in [0.1, 0.15) is 5.56 Å². The Hall–Kier alpha value is -2.85. The molecule has 2 saturated heterocycles. The largest absolute Gasteiger partial charge is 0.364 e. The quantitative estimate of drug-likeness (QED) is 0.605. The molecule has 0 aliphatic carbocycles. The zero-order chi connectivity index (χ0) is 21.0. The lowest BCUT2D eigenvalue weighted by Crippen LogP contribution is -2.44. The minimum Gasteiger partial charge on any atom is -0.364 e. The van der Waals surface area contributed by atoms with Crippen LogP contribution in [-0.4, -0.2) is 74.9 Å². The highest BCUT2D eigenvalue weighted by molar-refractivity contribution is 7.85. The first kappa shape index (κ1) is 20.1. The number of benzene rings is 1. The summed E-state index contributed by atoms with van der Waals surface area (Å²) in [4.78, 5) is 23.3. The van der Waals surface area contributed by atoms with Crippen LogP contribution in [0, 0.1) is 0 Å². The fourth-order valence-electron chi connectivity index (χ4n) is 3.91. The van der Waals surface area contributed by atoms with Crippen LogP contribution in [0.3, 0.4) is 0 Å². The first-order valence-corrected chi connectivity index (χ1v) is 12.1. The Labute approximate surface area is 183 Å². The van der Waals surface area contributed by atoms with E-state index in [0.29, 0.717) is 42.9 Å². The molecule has 31 heavy (non-hydrogen) atoms. The summed E-state index contributed by atoms with van der Waals surface area (Å²) >= 11 is 0. The van der Waals surface area contributed by atoms with Gasteiger partial charge in [-0.15, -0.1) is 0 Å². The van der Waals surface area contributed by atoms with Gasteiger partial charge in [0, 0.05) is 68.1 Å². The minimum atomic E-state index is -0.756. The smallest absolute Gasteiger partial charge is 0.228 e. The second kappa shape index (κ2) is 9.11. The van der Waals surface area contributed by atoms with Crippen molar-refractivity contribution in [2.45, 2.75) is 6.54 Å². The van der Waals surface area contributed by atoms with Crippen molar-refractivity contribution in [2.24, 2.45) is 0 Å². The highest BCUT2D eigenvalue weighted by atomic mass is 32.2. The second-order valence-corrected chi connectivity index (χ2v) is 9.37. The highest BCUT2D eigenvalue weighted by Crippen LogP contribution is 2.29. The zero-order valence-electron chi connectivity index (χ0n) is 17.3. The predicted octanol–water partition coefficient (Wildman–Crippen LogP) is 1.01. The van der Waals surface area contributed by atoms with Crippen molar-refractivity contribution in [3.8, 4) is 0 Å². The lowest BCUT2D eigenvalue weighted by Gasteiger charge is -2.31. The summed E-state index contributed by atoms with van der Waals surface area (Å²) in [7, 11) is -0.756. The fourth-order valence-corrected chi connectivity index (χ4v) is 4.96. The maximum absolute atomic E-state index is 11.9. The topological polar surface area (TPSA) is 99.2 Å². The summed E-state index contributed by atoms with van der Waals surface area (Å²) in [5.41, 5.74) is 2.63. The molecule has 0 atom stereocenters. The van der Waals surface area contributed by atoms with E-state index in [1.165, 1.54) is 5.56 Å². The van der Waals surface area contributed by atoms with Gasteiger partial charge in [-0.25, -0.2) is 15.0 Å². The van der Waals surface area contributed by atoms with Gasteiger partial charge in [0.15, 0.2) is 11.6 Å². The lowest BCUT2D eigenvalue weighted by molar-refractivity contribution is 0.580. The van der Waals surface area contributed by atoms with Gasteiger partial charge in [0.1, 0.15) is 17.4 Å². The normalized spacial score (nSPS) is 17.8. The molecule has 2 fully saturated rings. The third kappa shape index (κ3) is 4.45. The molecule has 0 unspecified atom stereocenters. The minimum absolute atomic E-state index is 0.651. The Morgan fingerprint density at radius 3 is 2.48 bits per heavy atom. The third-order valence-electron chi connectivity index (χ3n) is 5.63. The lowest BCUT2D eigenvalue weighted by atomic mass is 10.2. The van der Waals surface area contributed by atoms with Gasteiger partial charge in [-0.1, -0.05) is 30.3 Å². The van der Waals surface area contributed by atoms with Crippen LogP contribution in [0.25, 0.3) is 11.0 Å². The number of aromatic nitrogens is 4. The van der Waals surface area contributed by atoms with Gasteiger partial charge >= 0.3 is 0 Å². The molecular weight excluding hydrogens is 412 g/mol. The number of hydrogen-bond donors (Lipinski definition) is 2. The van der Waals surface area contributed by atoms with E-state index in [0.717, 1.165) is 43.0 Å². The van der Waals surface area contributed by atoms with Crippen molar-refractivity contribution in [2.75, 3.05) is 65.9 Å². The number of rotatable bonds is 5. The molecule has 162 valence electrons. The Kier molecular flexibility index (Phi) is 5.90. The molecule has 0 spiro atoms. The molecule has 2 aliphatic heterocycles. The molecule has 2 aliphatic rings. The van der Waals surface area contributed by atoms with E-state index in [2.05, 4.69) is 42.5 Å². The predicted molar refractivity (Wildman–Crippen MR) is 124 cm³/mol. The van der Waals surface area contributed by atoms with Crippen LogP contribution < -0.4 is 20.4 Å². The molecule has 0 bridgehead atoms. The van der Waals surface area contributed by atoms with Crippen molar-refractivity contribution < 1.29 is 4.21 Å². The number of nitrogens with one attached hydrogen (secondary N) is 2. The van der Waals surface area contributed by atoms with Gasteiger partial charge in [0.05, 0.1) is 0 Å². The third-order valence-corrected chi connectivity index (χ3v) is 6.91. The van der Waals surface area contributed by atoms with Crippen LogP contribution in [-0.2, 0) is 17.3 Å². The summed E-state index contributed by atoms with van der Waals surface area (Å²) in [6, 6.07) is 10.2. The molecule has 0 radical (unpaired) electrons. The molecule has 4 heterocycles. The number of anilines is 3. The first-order chi connectivity index (χ1) is 15.3. The maximum Gasteiger partial charge on any atom is 0.228 e. The summed E-state index contributed by atoms with van der Waals surface area (Å²) in [5.74, 6) is 3.51. The van der Waals surface area contributed by atoms with Gasteiger partial charge < -0.3 is 20.4 Å². The Balaban J connectivity index is 1.54. The van der Waals surface area contributed by atoms with Crippen molar-refractivity contribution in [1.82, 2.24) is 25.3 Å². The zero-order valence-corrected chi connectivity index (χ0v) is 18.1. The molecule has 0 saturated carbocycles. The van der Waals surface area contributed by atoms with Crippen LogP contribution in [0.5, 0.6) is 0 Å². The van der Waals surface area contributed by atoms with E-state index in [4.69, 9.17) is 9.97 Å². The summed E-state index contributed by atoms with van der Waals surface area (Å²) in [6.45, 7) is 5.59. The molecular formula is C21H26N8OS. The van der Waals surface area contributed by atoms with Crippen LogP contribution in [0.15, 0.2) is 36.7 Å². The molecule has 2 N–H and O–H groups in total. The number of piperazine rings is 1. The number of hydrogen-bond acceptors (Lipinski definition) is 9. The van der Waals surface area contributed by atoms with Gasteiger partial charge in [0.2, 0.25) is 5.95 Å². The fraction of sp³-hybridized carbons (Fsp3) is 0.429. The van der Waals surface area contributed by atoms with E-state index >= 15 is 0 Å². The van der Waals surface area contributed by atoms with E-state index in [1.807, 2.05) is 18.2 Å². The Bertz CT molecular complexity index is 1060. The van der Waals surface area contributed by atoms with Crippen LogP contribution in [0.2, 0.25) is 0 Å². The summed E-state index contributed by atoms with van der Waals surface area (Å²) in [6.07, 6.45) is 1.56. The summed E-state index contributed by atoms with van der Waals surface area (Å²) < 4.78 is 11.9. The number of fused-ring (bicyclic) bond motifs is 1. The van der Waals surface area contributed by atoms with Crippen LogP contribution >= 0.6 is 0 Å². The molecule has 0 amide bonds. The molecule has 9 nitrogen and oxygen atoms in total. The Morgan fingerprint density at radius 2 is 1.71 bits per heavy atom. The molecule has 3 aromatic rings. The van der Waals surface area contributed by atoms with Crippen molar-refractivity contribution in [3.05, 3.63) is 42.2 Å². The van der Waals surface area contributed by atoms with Crippen LogP contribution in [0.4, 0.5) is 17.6 Å². The highest BCUT2D eigenvalue weighted by Gasteiger charge is 2.24. The Morgan fingerprint density at radius 1 is 0.935 bits per heavy atom. The van der Waals surface area contributed by atoms with Crippen molar-refractivity contribution in [1.29, 1.82) is 0 Å². The average Bonchev–Trinajstić information content (AvgIpc) is 2.84. The van der Waals surface area contributed by atoms with Gasteiger partial charge in [-0.3, -0.25) is 4.21 Å². The van der Waals surface area contributed by atoms with E-state index in [9.17, 15) is 4.21 Å². The SMILES string of the molecule is O=S1CCN(c2nc(N3CCNCC3)nc3c(NCc4ccccc4)ncnc23)CC1. The van der Waals surface area contributed by atoms with E-state index < -0.39 is 10.8 Å². The molecule has 5 rings (SSSR count). The van der Waals surface area contributed by atoms with Gasteiger partial charge in [0.25, 0.3) is 0 Å². The average molecular weight is 439 g/mol. The molecule has 2 aromatic heterocycles. The first-order valence-electron chi connectivity index (χ1n) is 10.6. The molecule has 1 aromatic carbocycles. The van der Waals surface area contributed by atoms with E-state index in [1.54, 1.807) is 6.33 Å². The number of nitrogens with zero attached hydrogens (tertiary/aromatic N) is 6. The van der Waals surface area contributed by atoms with Crippen molar-refractivity contribution in [3.63, 3.8) is 0 Å². The van der Waals surface area contributed by atoms with Gasteiger partial charge in [-0.2, -0.15) is 4.98 Å². The maximum atomic E-state index is 11.9. The van der Waals surface area contributed by atoms with Gasteiger partial charge in [-0.05, 0) is 5.56 Å². The van der Waals surface area contributed by atoms with Crippen molar-refractivity contribution >= 4 is 39.4 Å². The standard InChI is InChI=1S/C21H26N8OS/c30-31-12-10-28(11-13-31)20-18-17(26-21(27-20)29-8-6-22-7-9-29)19(25-15-24-18)23-14-16-4-2-1-3-5-16/h1-5,15,22H,6-14H2,(H,23,24,25).